The van der Waals surface area contributed by atoms with Crippen molar-refractivity contribution in [1.29, 1.82) is 0 Å². The molecule has 3 rings (SSSR count). The maximum absolute atomic E-state index is 13.0. The molecule has 1 aliphatic rings. The topological polar surface area (TPSA) is 60.9 Å². The largest absolute Gasteiger partial charge is 0.481 e. The first-order chi connectivity index (χ1) is 12.4. The van der Waals surface area contributed by atoms with Crippen molar-refractivity contribution in [3.63, 3.8) is 0 Å². The van der Waals surface area contributed by atoms with Gasteiger partial charge in [-0.1, -0.05) is 50.1 Å². The average Bonchev–Trinajstić information content (AvgIpc) is 2.60. The minimum Gasteiger partial charge on any atom is -0.481 e. The van der Waals surface area contributed by atoms with E-state index in [9.17, 15) is 14.7 Å². The van der Waals surface area contributed by atoms with E-state index in [0.29, 0.717) is 19.6 Å². The van der Waals surface area contributed by atoms with Gasteiger partial charge < -0.3 is 10.0 Å². The summed E-state index contributed by atoms with van der Waals surface area (Å²) in [6.07, 6.45) is 0.0345. The molecule has 0 aliphatic carbocycles. The lowest BCUT2D eigenvalue weighted by atomic mass is 10.0. The normalized spacial score (nSPS) is 17.5. The third-order valence-corrected chi connectivity index (χ3v) is 5.64. The van der Waals surface area contributed by atoms with Crippen LogP contribution in [0.25, 0.3) is 0 Å². The Kier molecular flexibility index (Phi) is 5.98. The summed E-state index contributed by atoms with van der Waals surface area (Å²) in [6, 6.07) is 15.1. The molecule has 2 aromatic rings. The van der Waals surface area contributed by atoms with Gasteiger partial charge in [0.1, 0.15) is 0 Å². The molecule has 1 aliphatic heterocycles. The van der Waals surface area contributed by atoms with E-state index in [-0.39, 0.29) is 18.4 Å². The lowest BCUT2D eigenvalue weighted by molar-refractivity contribution is -0.138. The van der Waals surface area contributed by atoms with Gasteiger partial charge in [0.05, 0.1) is 6.42 Å². The van der Waals surface area contributed by atoms with E-state index in [1.54, 1.807) is 9.80 Å². The van der Waals surface area contributed by atoms with Crippen LogP contribution in [0, 0.1) is 5.92 Å². The van der Waals surface area contributed by atoms with Crippen molar-refractivity contribution in [3.05, 3.63) is 63.0 Å². The zero-order chi connectivity index (χ0) is 18.7. The Morgan fingerprint density at radius 1 is 1.08 bits per heavy atom. The molecule has 1 N–H and O–H groups in total. The lowest BCUT2D eigenvalue weighted by Crippen LogP contribution is -2.53. The van der Waals surface area contributed by atoms with Gasteiger partial charge in [-0.25, -0.2) is 4.79 Å². The van der Waals surface area contributed by atoms with E-state index < -0.39 is 5.97 Å². The molecule has 1 unspecified atom stereocenters. The SMILES string of the molecule is O=C(O)CC1CN(Cc2ccccc2Br)C(=O)N(c2ccc(Br)cc2)C1. The second-order valence-corrected chi connectivity index (χ2v) is 8.08. The molecule has 0 aromatic heterocycles. The van der Waals surface area contributed by atoms with Crippen molar-refractivity contribution >= 4 is 49.5 Å². The molecule has 1 saturated heterocycles. The van der Waals surface area contributed by atoms with Crippen LogP contribution in [0.4, 0.5) is 10.5 Å². The molecule has 2 amide bonds. The van der Waals surface area contributed by atoms with Gasteiger partial charge in [0, 0.05) is 40.2 Å². The van der Waals surface area contributed by atoms with E-state index in [0.717, 1.165) is 20.2 Å². The van der Waals surface area contributed by atoms with Crippen molar-refractivity contribution in [2.45, 2.75) is 13.0 Å². The zero-order valence-electron chi connectivity index (χ0n) is 13.9. The summed E-state index contributed by atoms with van der Waals surface area (Å²) in [7, 11) is 0. The van der Waals surface area contributed by atoms with Crippen LogP contribution in [0.5, 0.6) is 0 Å². The molecule has 1 fully saturated rings. The van der Waals surface area contributed by atoms with E-state index >= 15 is 0 Å². The molecule has 136 valence electrons. The van der Waals surface area contributed by atoms with Gasteiger partial charge in [0.25, 0.3) is 0 Å². The first-order valence-electron chi connectivity index (χ1n) is 8.21. The molecule has 26 heavy (non-hydrogen) atoms. The number of carbonyl (C=O) groups excluding carboxylic acids is 1. The Bertz CT molecular complexity index is 811. The van der Waals surface area contributed by atoms with Crippen molar-refractivity contribution in [2.75, 3.05) is 18.0 Å². The maximum Gasteiger partial charge on any atom is 0.324 e. The van der Waals surface area contributed by atoms with Crippen molar-refractivity contribution in [3.8, 4) is 0 Å². The summed E-state index contributed by atoms with van der Waals surface area (Å²) in [6.45, 7) is 1.27. The average molecular weight is 482 g/mol. The van der Waals surface area contributed by atoms with E-state index in [2.05, 4.69) is 31.9 Å². The number of carbonyl (C=O) groups is 2. The molecular weight excluding hydrogens is 464 g/mol. The number of halogens is 2. The number of anilines is 1. The summed E-state index contributed by atoms with van der Waals surface area (Å²) in [5.41, 5.74) is 1.76. The molecule has 2 aromatic carbocycles. The van der Waals surface area contributed by atoms with E-state index in [1.165, 1.54) is 0 Å². The number of rotatable bonds is 5. The number of carboxylic acids is 1. The molecule has 7 heteroatoms. The molecule has 1 heterocycles. The maximum atomic E-state index is 13.0. The summed E-state index contributed by atoms with van der Waals surface area (Å²) >= 11 is 6.91. The van der Waals surface area contributed by atoms with Gasteiger partial charge >= 0.3 is 12.0 Å². The Balaban J connectivity index is 1.87. The van der Waals surface area contributed by atoms with Crippen molar-refractivity contribution < 1.29 is 14.7 Å². The van der Waals surface area contributed by atoms with Crippen molar-refractivity contribution in [2.24, 2.45) is 5.92 Å². The zero-order valence-corrected chi connectivity index (χ0v) is 17.1. The number of hydrogen-bond acceptors (Lipinski definition) is 2. The standard InChI is InChI=1S/C19H18Br2N2O3/c20-15-5-7-16(8-6-15)23-11-13(9-18(24)25)10-22(19(23)26)12-14-3-1-2-4-17(14)21/h1-8,13H,9-12H2,(H,24,25). The number of benzene rings is 2. The van der Waals surface area contributed by atoms with Crippen LogP contribution in [-0.2, 0) is 11.3 Å². The van der Waals surface area contributed by atoms with E-state index in [4.69, 9.17) is 0 Å². The van der Waals surface area contributed by atoms with Crippen LogP contribution in [0.3, 0.4) is 0 Å². The van der Waals surface area contributed by atoms with Crippen LogP contribution in [0.15, 0.2) is 57.5 Å². The van der Waals surface area contributed by atoms with E-state index in [1.807, 2.05) is 48.5 Å². The highest BCUT2D eigenvalue weighted by molar-refractivity contribution is 9.10. The summed E-state index contributed by atoms with van der Waals surface area (Å²) in [5, 5.41) is 9.21. The number of carboxylic acid groups (broad SMARTS) is 1. The van der Waals surface area contributed by atoms with Gasteiger partial charge in [0.15, 0.2) is 0 Å². The molecule has 0 bridgehead atoms. The Morgan fingerprint density at radius 3 is 2.42 bits per heavy atom. The van der Waals surface area contributed by atoms with Gasteiger partial charge in [0.2, 0.25) is 0 Å². The Labute approximate surface area is 168 Å². The van der Waals surface area contributed by atoms with Crippen LogP contribution in [-0.4, -0.2) is 35.1 Å². The van der Waals surface area contributed by atoms with Crippen molar-refractivity contribution in [1.82, 2.24) is 4.90 Å². The minimum absolute atomic E-state index is 0.0345. The first kappa shape index (κ1) is 18.9. The van der Waals surface area contributed by atoms with Crippen LogP contribution >= 0.6 is 31.9 Å². The number of hydrogen-bond donors (Lipinski definition) is 1. The second kappa shape index (κ2) is 8.22. The molecule has 0 spiro atoms. The third kappa shape index (κ3) is 4.45. The number of amides is 2. The molecular formula is C19H18Br2N2O3. The quantitative estimate of drug-likeness (QED) is 0.670. The molecule has 5 nitrogen and oxygen atoms in total. The summed E-state index contributed by atoms with van der Waals surface area (Å²) in [4.78, 5) is 27.6. The predicted molar refractivity (Wildman–Crippen MR) is 107 cm³/mol. The fraction of sp³-hybridized carbons (Fsp3) is 0.263. The second-order valence-electron chi connectivity index (χ2n) is 6.31. The fourth-order valence-electron chi connectivity index (χ4n) is 3.13. The van der Waals surface area contributed by atoms with Gasteiger partial charge in [-0.15, -0.1) is 0 Å². The molecule has 1 atom stereocenters. The van der Waals surface area contributed by atoms with Gasteiger partial charge in [-0.3, -0.25) is 9.69 Å². The minimum atomic E-state index is -0.846. The highest BCUT2D eigenvalue weighted by Gasteiger charge is 2.33. The predicted octanol–water partition coefficient (Wildman–Crippen LogP) is 4.74. The number of nitrogens with zero attached hydrogens (tertiary/aromatic N) is 2. The highest BCUT2D eigenvalue weighted by Crippen LogP contribution is 2.28. The Hall–Kier alpha value is -1.86. The Morgan fingerprint density at radius 2 is 1.77 bits per heavy atom. The first-order valence-corrected chi connectivity index (χ1v) is 9.80. The van der Waals surface area contributed by atoms with Crippen LogP contribution in [0.1, 0.15) is 12.0 Å². The lowest BCUT2D eigenvalue weighted by Gasteiger charge is -2.40. The third-order valence-electron chi connectivity index (χ3n) is 4.34. The molecule has 0 saturated carbocycles. The summed E-state index contributed by atoms with van der Waals surface area (Å²) < 4.78 is 1.86. The summed E-state index contributed by atoms with van der Waals surface area (Å²) in [5.74, 6) is -0.975. The highest BCUT2D eigenvalue weighted by atomic mass is 79.9. The monoisotopic (exact) mass is 480 g/mol. The number of urea groups is 1. The smallest absolute Gasteiger partial charge is 0.324 e. The number of aliphatic carboxylic acids is 1. The molecule has 0 radical (unpaired) electrons. The van der Waals surface area contributed by atoms with Crippen LogP contribution < -0.4 is 4.90 Å². The fourth-order valence-corrected chi connectivity index (χ4v) is 3.81. The van der Waals surface area contributed by atoms with Gasteiger partial charge in [-0.2, -0.15) is 0 Å². The van der Waals surface area contributed by atoms with Gasteiger partial charge in [-0.05, 0) is 35.9 Å². The van der Waals surface area contributed by atoms with Crippen LogP contribution in [0.2, 0.25) is 0 Å².